The molecule has 1 aromatic carbocycles. The molecular formula is C16H24ClN3O4S. The minimum atomic E-state index is -3.65. The van der Waals surface area contributed by atoms with Crippen LogP contribution in [0.5, 0.6) is 5.75 Å². The van der Waals surface area contributed by atoms with Crippen LogP contribution in [-0.2, 0) is 15.0 Å². The molecule has 0 aliphatic carbocycles. The largest absolute Gasteiger partial charge is 0.495 e. The van der Waals surface area contributed by atoms with Gasteiger partial charge in [-0.3, -0.25) is 4.79 Å². The van der Waals surface area contributed by atoms with Crippen molar-refractivity contribution in [2.24, 2.45) is 0 Å². The Morgan fingerprint density at radius 1 is 1.28 bits per heavy atom. The number of benzene rings is 1. The molecule has 1 heterocycles. The lowest BCUT2D eigenvalue weighted by atomic mass is 10.2. The number of carbonyl (C=O) groups is 1. The number of carbonyl (C=O) groups excluding carboxylic acids is 1. The summed E-state index contributed by atoms with van der Waals surface area (Å²) >= 11 is 5.93. The van der Waals surface area contributed by atoms with Gasteiger partial charge in [-0.05, 0) is 31.0 Å². The van der Waals surface area contributed by atoms with Crippen LogP contribution in [0.3, 0.4) is 0 Å². The highest BCUT2D eigenvalue weighted by atomic mass is 35.5. The Balaban J connectivity index is 2.03. The molecule has 0 radical (unpaired) electrons. The minimum absolute atomic E-state index is 0.283. The van der Waals surface area contributed by atoms with Crippen molar-refractivity contribution >= 4 is 33.4 Å². The standard InChI is InChI=1S/C16H24ClN3O4S/c1-19(25(22,23)20-9-5-3-4-6-10-20)12-16(21)18-14-11-13(17)7-8-15(14)24-2/h7-8,11H,3-6,9-10,12H2,1-2H3,(H,18,21). The molecule has 1 fully saturated rings. The quantitative estimate of drug-likeness (QED) is 0.809. The van der Waals surface area contributed by atoms with Crippen LogP contribution in [0.2, 0.25) is 5.02 Å². The van der Waals surface area contributed by atoms with Gasteiger partial charge in [0.15, 0.2) is 0 Å². The van der Waals surface area contributed by atoms with Crippen molar-refractivity contribution in [3.8, 4) is 5.75 Å². The zero-order chi connectivity index (χ0) is 18.4. The first-order chi connectivity index (χ1) is 11.8. The Hall–Kier alpha value is -1.35. The van der Waals surface area contributed by atoms with Gasteiger partial charge in [0.25, 0.3) is 10.2 Å². The fourth-order valence-electron chi connectivity index (χ4n) is 2.72. The van der Waals surface area contributed by atoms with E-state index in [1.54, 1.807) is 18.2 Å². The molecule has 140 valence electrons. The monoisotopic (exact) mass is 389 g/mol. The van der Waals surface area contributed by atoms with E-state index in [1.165, 1.54) is 18.5 Å². The summed E-state index contributed by atoms with van der Waals surface area (Å²) in [5.74, 6) is -0.00255. The first-order valence-electron chi connectivity index (χ1n) is 8.19. The summed E-state index contributed by atoms with van der Waals surface area (Å²) in [5.41, 5.74) is 0.403. The summed E-state index contributed by atoms with van der Waals surface area (Å²) in [6, 6.07) is 4.84. The van der Waals surface area contributed by atoms with Crippen molar-refractivity contribution in [1.29, 1.82) is 0 Å². The van der Waals surface area contributed by atoms with Gasteiger partial charge in [0.05, 0.1) is 19.3 Å². The molecule has 1 saturated heterocycles. The molecule has 0 atom stereocenters. The predicted molar refractivity (Wildman–Crippen MR) is 98.2 cm³/mol. The Morgan fingerprint density at radius 3 is 2.52 bits per heavy atom. The smallest absolute Gasteiger partial charge is 0.282 e. The van der Waals surface area contributed by atoms with Crippen molar-refractivity contribution < 1.29 is 17.9 Å². The summed E-state index contributed by atoms with van der Waals surface area (Å²) in [6.07, 6.45) is 3.76. The van der Waals surface area contributed by atoms with Gasteiger partial charge in [0.1, 0.15) is 5.75 Å². The number of hydrogen-bond donors (Lipinski definition) is 1. The SMILES string of the molecule is COc1ccc(Cl)cc1NC(=O)CN(C)S(=O)(=O)N1CCCCCC1. The van der Waals surface area contributed by atoms with E-state index in [0.29, 0.717) is 29.5 Å². The first-order valence-corrected chi connectivity index (χ1v) is 9.97. The lowest BCUT2D eigenvalue weighted by Crippen LogP contribution is -2.45. The lowest BCUT2D eigenvalue weighted by molar-refractivity contribution is -0.116. The Morgan fingerprint density at radius 2 is 1.92 bits per heavy atom. The molecule has 1 aliphatic heterocycles. The summed E-state index contributed by atoms with van der Waals surface area (Å²) in [4.78, 5) is 12.3. The topological polar surface area (TPSA) is 79.0 Å². The summed E-state index contributed by atoms with van der Waals surface area (Å²) in [7, 11) is -0.755. The molecule has 0 aromatic heterocycles. The van der Waals surface area contributed by atoms with Gasteiger partial charge < -0.3 is 10.1 Å². The van der Waals surface area contributed by atoms with E-state index in [2.05, 4.69) is 5.32 Å². The molecule has 1 amide bonds. The molecule has 0 unspecified atom stereocenters. The zero-order valence-corrected chi connectivity index (χ0v) is 16.1. The maximum atomic E-state index is 12.6. The van der Waals surface area contributed by atoms with Gasteiger partial charge in [-0.15, -0.1) is 0 Å². The molecular weight excluding hydrogens is 366 g/mol. The second-order valence-corrected chi connectivity index (χ2v) is 8.44. The summed E-state index contributed by atoms with van der Waals surface area (Å²) in [6.45, 7) is 0.710. The van der Waals surface area contributed by atoms with Gasteiger partial charge in [-0.2, -0.15) is 17.0 Å². The van der Waals surface area contributed by atoms with Gasteiger partial charge in [-0.25, -0.2) is 0 Å². The van der Waals surface area contributed by atoms with Crippen LogP contribution in [0.1, 0.15) is 25.7 Å². The average molecular weight is 390 g/mol. The molecule has 1 aliphatic rings. The van der Waals surface area contributed by atoms with Crippen LogP contribution in [0, 0.1) is 0 Å². The van der Waals surface area contributed by atoms with Crippen molar-refractivity contribution in [3.63, 3.8) is 0 Å². The van der Waals surface area contributed by atoms with E-state index < -0.39 is 16.1 Å². The van der Waals surface area contributed by atoms with Gasteiger partial charge in [0, 0.05) is 25.2 Å². The van der Waals surface area contributed by atoms with Crippen molar-refractivity contribution in [2.75, 3.05) is 39.1 Å². The van der Waals surface area contributed by atoms with Crippen molar-refractivity contribution in [2.45, 2.75) is 25.7 Å². The van der Waals surface area contributed by atoms with Crippen LogP contribution in [0.25, 0.3) is 0 Å². The normalized spacial score (nSPS) is 16.5. The van der Waals surface area contributed by atoms with Gasteiger partial charge >= 0.3 is 0 Å². The third kappa shape index (κ3) is 5.31. The van der Waals surface area contributed by atoms with E-state index in [4.69, 9.17) is 16.3 Å². The van der Waals surface area contributed by atoms with E-state index >= 15 is 0 Å². The molecule has 0 saturated carbocycles. The molecule has 2 rings (SSSR count). The first kappa shape index (κ1) is 20.0. The number of halogens is 1. The van der Waals surface area contributed by atoms with Crippen LogP contribution in [0.4, 0.5) is 5.69 Å². The van der Waals surface area contributed by atoms with Crippen LogP contribution in [0.15, 0.2) is 18.2 Å². The Kier molecular flexibility index (Phi) is 7.06. The zero-order valence-electron chi connectivity index (χ0n) is 14.5. The van der Waals surface area contributed by atoms with Crippen molar-refractivity contribution in [3.05, 3.63) is 23.2 Å². The molecule has 1 N–H and O–H groups in total. The number of amides is 1. The van der Waals surface area contributed by atoms with Gasteiger partial charge in [-0.1, -0.05) is 24.4 Å². The number of nitrogens with zero attached hydrogens (tertiary/aromatic N) is 2. The summed E-state index contributed by atoms with van der Waals surface area (Å²) in [5, 5.41) is 3.09. The minimum Gasteiger partial charge on any atom is -0.495 e. The molecule has 25 heavy (non-hydrogen) atoms. The lowest BCUT2D eigenvalue weighted by Gasteiger charge is -2.26. The fourth-order valence-corrected chi connectivity index (χ4v) is 4.29. The van der Waals surface area contributed by atoms with E-state index in [-0.39, 0.29) is 6.54 Å². The van der Waals surface area contributed by atoms with Gasteiger partial charge in [0.2, 0.25) is 5.91 Å². The van der Waals surface area contributed by atoms with Crippen LogP contribution in [-0.4, -0.2) is 56.7 Å². The molecule has 0 bridgehead atoms. The maximum Gasteiger partial charge on any atom is 0.282 e. The van der Waals surface area contributed by atoms with E-state index in [1.807, 2.05) is 0 Å². The number of hydrogen-bond acceptors (Lipinski definition) is 4. The second kappa shape index (κ2) is 8.84. The fraction of sp³-hybridized carbons (Fsp3) is 0.562. The Labute approximate surface area is 154 Å². The van der Waals surface area contributed by atoms with Crippen LogP contribution >= 0.6 is 11.6 Å². The molecule has 9 heteroatoms. The van der Waals surface area contributed by atoms with E-state index in [0.717, 1.165) is 30.0 Å². The summed E-state index contributed by atoms with van der Waals surface area (Å²) < 4.78 is 33.0. The number of ether oxygens (including phenoxy) is 1. The number of likely N-dealkylation sites (N-methyl/N-ethyl adjacent to an activating group) is 1. The second-order valence-electron chi connectivity index (χ2n) is 5.97. The molecule has 7 nitrogen and oxygen atoms in total. The maximum absolute atomic E-state index is 12.6. The number of anilines is 1. The van der Waals surface area contributed by atoms with Crippen LogP contribution < -0.4 is 10.1 Å². The number of rotatable bonds is 6. The number of nitrogens with one attached hydrogen (secondary N) is 1. The predicted octanol–water partition coefficient (Wildman–Crippen LogP) is 2.34. The average Bonchev–Trinajstić information content (AvgIpc) is 2.84. The number of methoxy groups -OCH3 is 1. The third-order valence-corrected chi connectivity index (χ3v) is 6.26. The highest BCUT2D eigenvalue weighted by Crippen LogP contribution is 2.27. The molecule has 0 spiro atoms. The highest BCUT2D eigenvalue weighted by Gasteiger charge is 2.28. The highest BCUT2D eigenvalue weighted by molar-refractivity contribution is 7.86. The van der Waals surface area contributed by atoms with E-state index in [9.17, 15) is 13.2 Å². The Bertz CT molecular complexity index is 703. The molecule has 1 aromatic rings. The third-order valence-electron chi connectivity index (χ3n) is 4.09. The van der Waals surface area contributed by atoms with Crippen molar-refractivity contribution in [1.82, 2.24) is 8.61 Å².